The third-order valence-corrected chi connectivity index (χ3v) is 4.41. The monoisotopic (exact) mass is 364 g/mol. The number of halogens is 1. The van der Waals surface area contributed by atoms with E-state index in [4.69, 9.17) is 0 Å². The molecule has 2 rings (SSSR count). The van der Waals surface area contributed by atoms with Crippen LogP contribution in [-0.2, 0) is 11.3 Å². The lowest BCUT2D eigenvalue weighted by Gasteiger charge is -2.37. The summed E-state index contributed by atoms with van der Waals surface area (Å²) in [7, 11) is 0. The lowest BCUT2D eigenvalue weighted by atomic mass is 10.1. The second kappa shape index (κ2) is 8.60. The summed E-state index contributed by atoms with van der Waals surface area (Å²) < 4.78 is 13.8. The normalized spacial score (nSPS) is 17.6. The molecule has 1 aliphatic rings. The van der Waals surface area contributed by atoms with E-state index in [9.17, 15) is 14.0 Å². The number of hydrogen-bond acceptors (Lipinski definition) is 4. The van der Waals surface area contributed by atoms with Crippen LogP contribution < -0.4 is 10.6 Å². The van der Waals surface area contributed by atoms with Crippen LogP contribution in [0.3, 0.4) is 0 Å². The first-order valence-corrected chi connectivity index (χ1v) is 8.98. The summed E-state index contributed by atoms with van der Waals surface area (Å²) in [5.74, 6) is -0.498. The molecular formula is C19H29FN4O2. The lowest BCUT2D eigenvalue weighted by Crippen LogP contribution is -2.56. The number of amides is 3. The Kier molecular flexibility index (Phi) is 6.72. The zero-order valence-corrected chi connectivity index (χ0v) is 16.0. The molecule has 1 heterocycles. The number of imide groups is 1. The average molecular weight is 364 g/mol. The Morgan fingerprint density at radius 2 is 1.77 bits per heavy atom. The highest BCUT2D eigenvalue weighted by atomic mass is 19.1. The predicted molar refractivity (Wildman–Crippen MR) is 99.1 cm³/mol. The van der Waals surface area contributed by atoms with Crippen LogP contribution in [0.25, 0.3) is 0 Å². The lowest BCUT2D eigenvalue weighted by molar-refractivity contribution is -0.125. The summed E-state index contributed by atoms with van der Waals surface area (Å²) in [6, 6.07) is 5.92. The standard InChI is InChI=1S/C19H29FN4O2/c1-14(17(25)21-18(26)22-19(2,3)4)24-11-9-23(10-12-24)13-15-7-5-6-8-16(15)20/h5-8,14H,9-13H2,1-4H3,(H2,21,22,25,26). The average Bonchev–Trinajstić information content (AvgIpc) is 2.55. The Balaban J connectivity index is 1.80. The van der Waals surface area contributed by atoms with Gasteiger partial charge in [0, 0.05) is 43.8 Å². The SMILES string of the molecule is CC(C(=O)NC(=O)NC(C)(C)C)N1CCN(Cc2ccccc2F)CC1. The Bertz CT molecular complexity index is 637. The van der Waals surface area contributed by atoms with Crippen LogP contribution in [0.5, 0.6) is 0 Å². The van der Waals surface area contributed by atoms with Crippen molar-refractivity contribution < 1.29 is 14.0 Å². The van der Waals surface area contributed by atoms with Gasteiger partial charge in [-0.05, 0) is 33.8 Å². The third kappa shape index (κ3) is 6.07. The minimum absolute atomic E-state index is 0.187. The van der Waals surface area contributed by atoms with Crippen molar-refractivity contribution in [3.63, 3.8) is 0 Å². The van der Waals surface area contributed by atoms with Gasteiger partial charge in [0.25, 0.3) is 0 Å². The Morgan fingerprint density at radius 1 is 1.15 bits per heavy atom. The van der Waals surface area contributed by atoms with Crippen LogP contribution >= 0.6 is 0 Å². The molecule has 1 fully saturated rings. The number of benzene rings is 1. The molecular weight excluding hydrogens is 335 g/mol. The quantitative estimate of drug-likeness (QED) is 0.857. The van der Waals surface area contributed by atoms with Gasteiger partial charge >= 0.3 is 6.03 Å². The van der Waals surface area contributed by atoms with Crippen LogP contribution in [-0.4, -0.2) is 59.5 Å². The summed E-state index contributed by atoms with van der Waals surface area (Å²) >= 11 is 0. The zero-order chi connectivity index (χ0) is 19.3. The number of carbonyl (C=O) groups is 2. The molecule has 1 aromatic carbocycles. The van der Waals surface area contributed by atoms with Crippen molar-refractivity contribution in [3.05, 3.63) is 35.6 Å². The number of urea groups is 1. The van der Waals surface area contributed by atoms with E-state index < -0.39 is 17.6 Å². The highest BCUT2D eigenvalue weighted by molar-refractivity contribution is 5.97. The molecule has 3 amide bonds. The van der Waals surface area contributed by atoms with Gasteiger partial charge in [-0.1, -0.05) is 18.2 Å². The number of nitrogens with one attached hydrogen (secondary N) is 2. The summed E-state index contributed by atoms with van der Waals surface area (Å²) in [6.07, 6.45) is 0. The van der Waals surface area contributed by atoms with Gasteiger partial charge in [0.1, 0.15) is 5.82 Å². The summed E-state index contributed by atoms with van der Waals surface area (Å²) in [5.41, 5.74) is 0.289. The molecule has 144 valence electrons. The molecule has 7 heteroatoms. The molecule has 1 aromatic rings. The van der Waals surface area contributed by atoms with E-state index in [0.717, 1.165) is 13.1 Å². The Hall–Kier alpha value is -1.99. The van der Waals surface area contributed by atoms with E-state index in [1.54, 1.807) is 19.1 Å². The number of nitrogens with zero attached hydrogens (tertiary/aromatic N) is 2. The molecule has 26 heavy (non-hydrogen) atoms. The molecule has 0 spiro atoms. The van der Waals surface area contributed by atoms with Crippen LogP contribution in [0.2, 0.25) is 0 Å². The first-order chi connectivity index (χ1) is 12.2. The molecule has 6 nitrogen and oxygen atoms in total. The van der Waals surface area contributed by atoms with Gasteiger partial charge in [0.2, 0.25) is 5.91 Å². The molecule has 2 N–H and O–H groups in total. The fourth-order valence-corrected chi connectivity index (χ4v) is 2.93. The van der Waals surface area contributed by atoms with Gasteiger partial charge < -0.3 is 5.32 Å². The Labute approximate surface area is 154 Å². The predicted octanol–water partition coefficient (Wildman–Crippen LogP) is 1.96. The molecule has 1 saturated heterocycles. The molecule has 0 radical (unpaired) electrons. The molecule has 0 saturated carbocycles. The van der Waals surface area contributed by atoms with E-state index >= 15 is 0 Å². The molecule has 0 bridgehead atoms. The van der Waals surface area contributed by atoms with E-state index in [1.165, 1.54) is 6.07 Å². The summed E-state index contributed by atoms with van der Waals surface area (Å²) in [5, 5.41) is 5.11. The molecule has 0 aromatic heterocycles. The van der Waals surface area contributed by atoms with E-state index in [-0.39, 0.29) is 11.7 Å². The second-order valence-corrected chi connectivity index (χ2v) is 7.77. The van der Waals surface area contributed by atoms with Crippen LogP contribution in [0.1, 0.15) is 33.3 Å². The number of piperazine rings is 1. The van der Waals surface area contributed by atoms with Crippen molar-refractivity contribution in [2.75, 3.05) is 26.2 Å². The number of rotatable bonds is 4. The maximum atomic E-state index is 13.8. The van der Waals surface area contributed by atoms with Gasteiger partial charge in [0.05, 0.1) is 6.04 Å². The zero-order valence-electron chi connectivity index (χ0n) is 16.0. The minimum atomic E-state index is -0.479. The molecule has 1 unspecified atom stereocenters. The first-order valence-electron chi connectivity index (χ1n) is 8.98. The van der Waals surface area contributed by atoms with Crippen molar-refractivity contribution in [2.24, 2.45) is 0 Å². The third-order valence-electron chi connectivity index (χ3n) is 4.41. The van der Waals surface area contributed by atoms with Crippen molar-refractivity contribution in [2.45, 2.75) is 45.8 Å². The molecule has 1 aliphatic heterocycles. The minimum Gasteiger partial charge on any atom is -0.333 e. The van der Waals surface area contributed by atoms with Crippen molar-refractivity contribution >= 4 is 11.9 Å². The van der Waals surface area contributed by atoms with Crippen molar-refractivity contribution in [3.8, 4) is 0 Å². The van der Waals surface area contributed by atoms with Gasteiger partial charge in [-0.25, -0.2) is 9.18 Å². The molecule has 1 atom stereocenters. The topological polar surface area (TPSA) is 64.7 Å². The van der Waals surface area contributed by atoms with Crippen LogP contribution in [0.15, 0.2) is 24.3 Å². The summed E-state index contributed by atoms with van der Waals surface area (Å²) in [6.45, 7) is 10.8. The number of carbonyl (C=O) groups excluding carboxylic acids is 2. The Morgan fingerprint density at radius 3 is 2.35 bits per heavy atom. The van der Waals surface area contributed by atoms with Crippen LogP contribution in [0.4, 0.5) is 9.18 Å². The highest BCUT2D eigenvalue weighted by Gasteiger charge is 2.27. The second-order valence-electron chi connectivity index (χ2n) is 7.77. The first kappa shape index (κ1) is 20.3. The largest absolute Gasteiger partial charge is 0.333 e. The van der Waals surface area contributed by atoms with Crippen molar-refractivity contribution in [1.82, 2.24) is 20.4 Å². The smallest absolute Gasteiger partial charge is 0.321 e. The van der Waals surface area contributed by atoms with Gasteiger partial charge in [-0.15, -0.1) is 0 Å². The highest BCUT2D eigenvalue weighted by Crippen LogP contribution is 2.13. The maximum Gasteiger partial charge on any atom is 0.321 e. The fraction of sp³-hybridized carbons (Fsp3) is 0.579. The van der Waals surface area contributed by atoms with E-state index in [2.05, 4.69) is 15.5 Å². The fourth-order valence-electron chi connectivity index (χ4n) is 2.93. The van der Waals surface area contributed by atoms with E-state index in [1.807, 2.05) is 31.7 Å². The van der Waals surface area contributed by atoms with Gasteiger partial charge in [-0.3, -0.25) is 19.9 Å². The van der Waals surface area contributed by atoms with Crippen molar-refractivity contribution in [1.29, 1.82) is 0 Å². The summed E-state index contributed by atoms with van der Waals surface area (Å²) in [4.78, 5) is 28.3. The van der Waals surface area contributed by atoms with Crippen LogP contribution in [0, 0.1) is 5.82 Å². The van der Waals surface area contributed by atoms with Gasteiger partial charge in [-0.2, -0.15) is 0 Å². The van der Waals surface area contributed by atoms with E-state index in [0.29, 0.717) is 25.2 Å². The van der Waals surface area contributed by atoms with Gasteiger partial charge in [0.15, 0.2) is 0 Å². The molecule has 0 aliphatic carbocycles. The maximum absolute atomic E-state index is 13.8. The number of hydrogen-bond donors (Lipinski definition) is 2.